The number of imidazole rings is 1. The van der Waals surface area contributed by atoms with Gasteiger partial charge in [0.15, 0.2) is 22.9 Å². The Morgan fingerprint density at radius 3 is 2.50 bits per heavy atom. The summed E-state index contributed by atoms with van der Waals surface area (Å²) >= 11 is 0. The molecule has 0 unspecified atom stereocenters. The van der Waals surface area contributed by atoms with Crippen molar-refractivity contribution in [2.24, 2.45) is 0 Å². The van der Waals surface area contributed by atoms with Gasteiger partial charge < -0.3 is 0 Å². The summed E-state index contributed by atoms with van der Waals surface area (Å²) in [5.74, 6) is 1.31. The summed E-state index contributed by atoms with van der Waals surface area (Å²) in [4.78, 5) is 20.0. The third-order valence-electron chi connectivity index (χ3n) is 6.37. The SMILES string of the molecule is Cc1cn2nc(-c3cc(F)c4nc(C5CCN(Cc6ncccn6)CC5)nn4c3)cc(C)c2n1. The molecule has 0 radical (unpaired) electrons. The van der Waals surface area contributed by atoms with Crippen LogP contribution in [0.5, 0.6) is 0 Å². The first kappa shape index (κ1) is 20.8. The van der Waals surface area contributed by atoms with E-state index in [0.717, 1.165) is 55.2 Å². The minimum atomic E-state index is -0.406. The molecule has 5 aromatic rings. The van der Waals surface area contributed by atoms with Gasteiger partial charge in [-0.25, -0.2) is 33.4 Å². The van der Waals surface area contributed by atoms with Crippen molar-refractivity contribution < 1.29 is 4.39 Å². The van der Waals surface area contributed by atoms with Crippen molar-refractivity contribution in [3.63, 3.8) is 0 Å². The number of piperidine rings is 1. The summed E-state index contributed by atoms with van der Waals surface area (Å²) in [5, 5.41) is 9.28. The van der Waals surface area contributed by atoms with Crippen molar-refractivity contribution in [1.29, 1.82) is 0 Å². The van der Waals surface area contributed by atoms with Gasteiger partial charge in [-0.15, -0.1) is 0 Å². The van der Waals surface area contributed by atoms with E-state index in [9.17, 15) is 0 Å². The maximum atomic E-state index is 15.0. The number of rotatable bonds is 4. The van der Waals surface area contributed by atoms with Gasteiger partial charge in [-0.2, -0.15) is 10.2 Å². The molecule has 0 atom stereocenters. The Kier molecular flexibility index (Phi) is 5.02. The molecular weight excluding hydrogens is 433 g/mol. The molecule has 0 aromatic carbocycles. The first-order valence-electron chi connectivity index (χ1n) is 11.4. The Balaban J connectivity index is 1.25. The van der Waals surface area contributed by atoms with Gasteiger partial charge in [-0.3, -0.25) is 4.90 Å². The van der Waals surface area contributed by atoms with E-state index < -0.39 is 5.82 Å². The highest BCUT2D eigenvalue weighted by atomic mass is 19.1. The molecule has 0 amide bonds. The minimum absolute atomic E-state index is 0.196. The minimum Gasteiger partial charge on any atom is -0.296 e. The number of halogens is 1. The first-order valence-corrected chi connectivity index (χ1v) is 11.4. The van der Waals surface area contributed by atoms with E-state index in [2.05, 4.69) is 35.0 Å². The van der Waals surface area contributed by atoms with Gasteiger partial charge in [-0.1, -0.05) is 0 Å². The summed E-state index contributed by atoms with van der Waals surface area (Å²) in [5.41, 5.74) is 4.22. The summed E-state index contributed by atoms with van der Waals surface area (Å²) < 4.78 is 18.3. The predicted molar refractivity (Wildman–Crippen MR) is 124 cm³/mol. The normalized spacial score (nSPS) is 15.5. The van der Waals surface area contributed by atoms with E-state index >= 15 is 4.39 Å². The number of pyridine rings is 1. The number of hydrogen-bond donors (Lipinski definition) is 0. The van der Waals surface area contributed by atoms with Crippen molar-refractivity contribution in [2.45, 2.75) is 39.2 Å². The Labute approximate surface area is 195 Å². The molecule has 1 aliphatic rings. The highest BCUT2D eigenvalue weighted by Gasteiger charge is 2.25. The molecule has 10 heteroatoms. The molecule has 0 saturated carbocycles. The summed E-state index contributed by atoms with van der Waals surface area (Å²) in [6.45, 7) is 6.44. The predicted octanol–water partition coefficient (Wildman–Crippen LogP) is 3.36. The van der Waals surface area contributed by atoms with E-state index in [0.29, 0.717) is 17.1 Å². The maximum Gasteiger partial charge on any atom is 0.191 e. The van der Waals surface area contributed by atoms with E-state index in [1.165, 1.54) is 6.07 Å². The molecule has 6 rings (SSSR count). The molecule has 172 valence electrons. The zero-order valence-electron chi connectivity index (χ0n) is 19.1. The van der Waals surface area contributed by atoms with Crippen molar-refractivity contribution in [2.75, 3.05) is 13.1 Å². The molecule has 0 aliphatic carbocycles. The maximum absolute atomic E-state index is 15.0. The Hall–Kier alpha value is -3.79. The van der Waals surface area contributed by atoms with Gasteiger partial charge in [0.25, 0.3) is 0 Å². The van der Waals surface area contributed by atoms with Crippen LogP contribution in [-0.2, 0) is 6.54 Å². The van der Waals surface area contributed by atoms with E-state index in [1.54, 1.807) is 27.6 Å². The molecule has 9 nitrogen and oxygen atoms in total. The third kappa shape index (κ3) is 3.79. The van der Waals surface area contributed by atoms with Gasteiger partial charge in [0.2, 0.25) is 0 Å². The van der Waals surface area contributed by atoms with E-state index in [4.69, 9.17) is 0 Å². The van der Waals surface area contributed by atoms with Gasteiger partial charge in [0.1, 0.15) is 5.82 Å². The second kappa shape index (κ2) is 8.21. The molecule has 1 saturated heterocycles. The molecule has 1 aliphatic heterocycles. The lowest BCUT2D eigenvalue weighted by atomic mass is 9.96. The first-order chi connectivity index (χ1) is 16.5. The lowest BCUT2D eigenvalue weighted by Gasteiger charge is -2.29. The lowest BCUT2D eigenvalue weighted by molar-refractivity contribution is 0.197. The van der Waals surface area contributed by atoms with Crippen LogP contribution in [0.3, 0.4) is 0 Å². The van der Waals surface area contributed by atoms with Crippen LogP contribution in [0.15, 0.2) is 43.0 Å². The fourth-order valence-corrected chi connectivity index (χ4v) is 4.62. The monoisotopic (exact) mass is 457 g/mol. The van der Waals surface area contributed by atoms with Crippen molar-refractivity contribution in [1.82, 2.24) is 44.1 Å². The van der Waals surface area contributed by atoms with Gasteiger partial charge >= 0.3 is 0 Å². The van der Waals surface area contributed by atoms with Crippen LogP contribution in [0.2, 0.25) is 0 Å². The Bertz CT molecular complexity index is 1480. The molecule has 0 N–H and O–H groups in total. The standard InChI is InChI=1S/C24H24FN9/c1-15-10-20(30-33-12-16(2)28-23(15)33)18-11-19(25)24-29-22(31-34(24)13-18)17-4-8-32(9-5-17)14-21-26-6-3-7-27-21/h3,6-7,10-13,17H,4-5,8-9,14H2,1-2H3. The number of fused-ring (bicyclic) bond motifs is 2. The lowest BCUT2D eigenvalue weighted by Crippen LogP contribution is -2.33. The molecule has 5 aromatic heterocycles. The van der Waals surface area contributed by atoms with Crippen LogP contribution in [0.4, 0.5) is 4.39 Å². The average molecular weight is 458 g/mol. The molecule has 0 bridgehead atoms. The molecule has 0 spiro atoms. The van der Waals surface area contributed by atoms with Crippen LogP contribution < -0.4 is 0 Å². The summed E-state index contributed by atoms with van der Waals surface area (Å²) in [6.07, 6.45) is 9.03. The third-order valence-corrected chi connectivity index (χ3v) is 6.37. The van der Waals surface area contributed by atoms with Crippen LogP contribution >= 0.6 is 0 Å². The fourth-order valence-electron chi connectivity index (χ4n) is 4.62. The van der Waals surface area contributed by atoms with Crippen molar-refractivity contribution in [3.8, 4) is 11.3 Å². The van der Waals surface area contributed by atoms with Crippen LogP contribution in [0.25, 0.3) is 22.6 Å². The molecule has 1 fully saturated rings. The highest BCUT2D eigenvalue weighted by Crippen LogP contribution is 2.28. The van der Waals surface area contributed by atoms with Crippen LogP contribution in [0, 0.1) is 19.7 Å². The quantitative estimate of drug-likeness (QED) is 0.409. The van der Waals surface area contributed by atoms with E-state index in [1.807, 2.05) is 32.2 Å². The number of aryl methyl sites for hydroxylation is 2. The largest absolute Gasteiger partial charge is 0.296 e. The summed E-state index contributed by atoms with van der Waals surface area (Å²) in [7, 11) is 0. The smallest absolute Gasteiger partial charge is 0.191 e. The van der Waals surface area contributed by atoms with Gasteiger partial charge in [-0.05, 0) is 63.5 Å². The molecule has 34 heavy (non-hydrogen) atoms. The Morgan fingerprint density at radius 2 is 1.71 bits per heavy atom. The van der Waals surface area contributed by atoms with Crippen molar-refractivity contribution in [3.05, 3.63) is 71.7 Å². The second-order valence-electron chi connectivity index (χ2n) is 8.89. The number of nitrogens with zero attached hydrogens (tertiary/aromatic N) is 9. The number of likely N-dealkylation sites (tertiary alicyclic amines) is 1. The van der Waals surface area contributed by atoms with Crippen LogP contribution in [0.1, 0.15) is 41.7 Å². The number of hydrogen-bond acceptors (Lipinski definition) is 7. The van der Waals surface area contributed by atoms with E-state index in [-0.39, 0.29) is 11.6 Å². The van der Waals surface area contributed by atoms with Crippen molar-refractivity contribution >= 4 is 11.3 Å². The molecular formula is C24H24FN9. The molecule has 6 heterocycles. The second-order valence-corrected chi connectivity index (χ2v) is 8.89. The van der Waals surface area contributed by atoms with Gasteiger partial charge in [0, 0.05) is 30.1 Å². The topological polar surface area (TPSA) is 89.4 Å². The average Bonchev–Trinajstić information content (AvgIpc) is 3.44. The van der Waals surface area contributed by atoms with Gasteiger partial charge in [0.05, 0.1) is 24.1 Å². The zero-order chi connectivity index (χ0) is 23.2. The zero-order valence-corrected chi connectivity index (χ0v) is 19.1. The number of aromatic nitrogens is 8. The Morgan fingerprint density at radius 1 is 0.941 bits per heavy atom. The fraction of sp³-hybridized carbons (Fsp3) is 0.333. The van der Waals surface area contributed by atoms with Crippen LogP contribution in [-0.4, -0.2) is 57.2 Å². The highest BCUT2D eigenvalue weighted by molar-refractivity contribution is 5.64. The summed E-state index contributed by atoms with van der Waals surface area (Å²) in [6, 6.07) is 5.23.